The van der Waals surface area contributed by atoms with Crippen LogP contribution in [0.15, 0.2) is 0 Å². The Balaban J connectivity index is 2.41. The molecule has 1 fully saturated rings. The predicted octanol–water partition coefficient (Wildman–Crippen LogP) is 3.15. The van der Waals surface area contributed by atoms with Gasteiger partial charge in [0.2, 0.25) is 0 Å². The maximum atomic E-state index is 5.48. The maximum Gasteiger partial charge on any atom is 0.0593 e. The van der Waals surface area contributed by atoms with Gasteiger partial charge in [0.05, 0.1) is 6.61 Å². The van der Waals surface area contributed by atoms with Crippen LogP contribution in [0.1, 0.15) is 52.9 Å². The molecule has 3 nitrogen and oxygen atoms in total. The van der Waals surface area contributed by atoms with Crippen molar-refractivity contribution in [2.24, 2.45) is 11.3 Å². The maximum absolute atomic E-state index is 5.48. The molecule has 0 radical (unpaired) electrons. The van der Waals surface area contributed by atoms with Crippen molar-refractivity contribution in [2.75, 3.05) is 46.4 Å². The first-order valence-corrected chi connectivity index (χ1v) is 8.55. The lowest BCUT2D eigenvalue weighted by Crippen LogP contribution is -2.45. The molecule has 0 bridgehead atoms. The summed E-state index contributed by atoms with van der Waals surface area (Å²) in [5.74, 6) is 0.742. The molecule has 120 valence electrons. The third kappa shape index (κ3) is 7.05. The summed E-state index contributed by atoms with van der Waals surface area (Å²) in [4.78, 5) is 2.47. The van der Waals surface area contributed by atoms with Crippen LogP contribution in [0, 0.1) is 11.3 Å². The molecule has 0 saturated heterocycles. The molecule has 0 heterocycles. The Morgan fingerprint density at radius 2 is 1.90 bits per heavy atom. The Morgan fingerprint density at radius 1 is 1.20 bits per heavy atom. The summed E-state index contributed by atoms with van der Waals surface area (Å²) in [5, 5.41) is 3.71. The molecule has 1 rings (SSSR count). The summed E-state index contributed by atoms with van der Waals surface area (Å²) < 4.78 is 5.48. The molecule has 0 spiro atoms. The molecule has 0 aromatic rings. The fourth-order valence-electron chi connectivity index (χ4n) is 3.33. The molecule has 1 aliphatic rings. The van der Waals surface area contributed by atoms with Crippen LogP contribution in [0.25, 0.3) is 0 Å². The van der Waals surface area contributed by atoms with E-state index in [0.29, 0.717) is 5.41 Å². The van der Waals surface area contributed by atoms with Crippen molar-refractivity contribution in [1.82, 2.24) is 10.2 Å². The zero-order valence-electron chi connectivity index (χ0n) is 14.2. The Morgan fingerprint density at radius 3 is 2.50 bits per heavy atom. The van der Waals surface area contributed by atoms with Gasteiger partial charge < -0.3 is 15.0 Å². The van der Waals surface area contributed by atoms with Crippen molar-refractivity contribution in [3.8, 4) is 0 Å². The minimum atomic E-state index is 0.494. The highest BCUT2D eigenvalue weighted by Gasteiger charge is 2.32. The van der Waals surface area contributed by atoms with Gasteiger partial charge >= 0.3 is 0 Å². The molecular formula is C17H36N2O. The van der Waals surface area contributed by atoms with Gasteiger partial charge in [-0.2, -0.15) is 0 Å². The summed E-state index contributed by atoms with van der Waals surface area (Å²) in [6.07, 6.45) is 7.01. The summed E-state index contributed by atoms with van der Waals surface area (Å²) in [6.45, 7) is 12.9. The van der Waals surface area contributed by atoms with E-state index in [0.717, 1.165) is 32.2 Å². The van der Waals surface area contributed by atoms with E-state index >= 15 is 0 Å². The van der Waals surface area contributed by atoms with Crippen LogP contribution >= 0.6 is 0 Å². The standard InChI is InChI=1S/C17H36N2O/c1-5-20-12-11-19(4)15-17(9-7-6-8-10-17)14-18-13-16(2)3/h16,18H,5-15H2,1-4H3. The molecule has 1 N–H and O–H groups in total. The zero-order valence-corrected chi connectivity index (χ0v) is 14.2. The third-order valence-electron chi connectivity index (χ3n) is 4.39. The normalized spacial score (nSPS) is 18.9. The van der Waals surface area contributed by atoms with Crippen LogP contribution < -0.4 is 5.32 Å². The SMILES string of the molecule is CCOCCN(C)CC1(CNCC(C)C)CCCCC1. The molecule has 0 aliphatic heterocycles. The quantitative estimate of drug-likeness (QED) is 0.624. The lowest BCUT2D eigenvalue weighted by atomic mass is 9.73. The van der Waals surface area contributed by atoms with Gasteiger partial charge in [0.25, 0.3) is 0 Å². The number of ether oxygens (including phenoxy) is 1. The van der Waals surface area contributed by atoms with E-state index in [-0.39, 0.29) is 0 Å². The van der Waals surface area contributed by atoms with Crippen molar-refractivity contribution < 1.29 is 4.74 Å². The number of hydrogen-bond acceptors (Lipinski definition) is 3. The summed E-state index contributed by atoms with van der Waals surface area (Å²) in [7, 11) is 2.25. The molecule has 20 heavy (non-hydrogen) atoms. The first-order valence-electron chi connectivity index (χ1n) is 8.55. The lowest BCUT2D eigenvalue weighted by molar-refractivity contribution is 0.0808. The van der Waals surface area contributed by atoms with Crippen molar-refractivity contribution in [3.05, 3.63) is 0 Å². The van der Waals surface area contributed by atoms with E-state index in [1.807, 2.05) is 0 Å². The Bertz CT molecular complexity index is 237. The average molecular weight is 284 g/mol. The average Bonchev–Trinajstić information content (AvgIpc) is 2.39. The van der Waals surface area contributed by atoms with E-state index < -0.39 is 0 Å². The molecule has 0 aromatic carbocycles. The second kappa shape index (κ2) is 9.75. The van der Waals surface area contributed by atoms with E-state index in [4.69, 9.17) is 4.74 Å². The Kier molecular flexibility index (Phi) is 8.74. The first-order chi connectivity index (χ1) is 9.58. The zero-order chi connectivity index (χ0) is 14.8. The fraction of sp³-hybridized carbons (Fsp3) is 1.00. The molecule has 0 aromatic heterocycles. The monoisotopic (exact) mass is 284 g/mol. The van der Waals surface area contributed by atoms with Crippen LogP contribution in [0.4, 0.5) is 0 Å². The van der Waals surface area contributed by atoms with E-state index in [1.54, 1.807) is 0 Å². The van der Waals surface area contributed by atoms with Gasteiger partial charge in [-0.25, -0.2) is 0 Å². The van der Waals surface area contributed by atoms with Gasteiger partial charge in [0, 0.05) is 26.2 Å². The fourth-order valence-corrected chi connectivity index (χ4v) is 3.33. The lowest BCUT2D eigenvalue weighted by Gasteiger charge is -2.40. The molecule has 3 heteroatoms. The third-order valence-corrected chi connectivity index (χ3v) is 4.39. The van der Waals surface area contributed by atoms with Gasteiger partial charge in [-0.1, -0.05) is 33.1 Å². The molecular weight excluding hydrogens is 248 g/mol. The number of likely N-dealkylation sites (N-methyl/N-ethyl adjacent to an activating group) is 1. The Hall–Kier alpha value is -0.120. The summed E-state index contributed by atoms with van der Waals surface area (Å²) in [6, 6.07) is 0. The van der Waals surface area contributed by atoms with Gasteiger partial charge in [-0.15, -0.1) is 0 Å². The smallest absolute Gasteiger partial charge is 0.0593 e. The summed E-state index contributed by atoms with van der Waals surface area (Å²) in [5.41, 5.74) is 0.494. The highest BCUT2D eigenvalue weighted by molar-refractivity contribution is 4.87. The molecule has 0 unspecified atom stereocenters. The van der Waals surface area contributed by atoms with Gasteiger partial charge in [-0.05, 0) is 44.7 Å². The number of hydrogen-bond donors (Lipinski definition) is 1. The van der Waals surface area contributed by atoms with Crippen molar-refractivity contribution in [3.63, 3.8) is 0 Å². The molecule has 0 atom stereocenters. The van der Waals surface area contributed by atoms with Gasteiger partial charge in [-0.3, -0.25) is 0 Å². The Labute approximate surface area is 126 Å². The van der Waals surface area contributed by atoms with E-state index in [2.05, 4.69) is 38.0 Å². The van der Waals surface area contributed by atoms with Gasteiger partial charge in [0.1, 0.15) is 0 Å². The number of nitrogens with one attached hydrogen (secondary N) is 1. The molecule has 1 aliphatic carbocycles. The van der Waals surface area contributed by atoms with Crippen LogP contribution in [-0.2, 0) is 4.74 Å². The minimum Gasteiger partial charge on any atom is -0.380 e. The van der Waals surface area contributed by atoms with Crippen molar-refractivity contribution in [2.45, 2.75) is 52.9 Å². The van der Waals surface area contributed by atoms with E-state index in [1.165, 1.54) is 45.2 Å². The van der Waals surface area contributed by atoms with Crippen molar-refractivity contribution in [1.29, 1.82) is 0 Å². The largest absolute Gasteiger partial charge is 0.380 e. The van der Waals surface area contributed by atoms with Crippen LogP contribution in [0.3, 0.4) is 0 Å². The van der Waals surface area contributed by atoms with E-state index in [9.17, 15) is 0 Å². The minimum absolute atomic E-state index is 0.494. The second-order valence-electron chi connectivity index (χ2n) is 7.02. The van der Waals surface area contributed by atoms with Crippen LogP contribution in [0.5, 0.6) is 0 Å². The molecule has 1 saturated carbocycles. The number of rotatable bonds is 10. The second-order valence-corrected chi connectivity index (χ2v) is 7.02. The van der Waals surface area contributed by atoms with Crippen LogP contribution in [-0.4, -0.2) is 51.3 Å². The van der Waals surface area contributed by atoms with Gasteiger partial charge in [0.15, 0.2) is 0 Å². The van der Waals surface area contributed by atoms with Crippen LogP contribution in [0.2, 0.25) is 0 Å². The number of nitrogens with zero attached hydrogens (tertiary/aromatic N) is 1. The summed E-state index contributed by atoms with van der Waals surface area (Å²) >= 11 is 0. The highest BCUT2D eigenvalue weighted by atomic mass is 16.5. The highest BCUT2D eigenvalue weighted by Crippen LogP contribution is 2.36. The van der Waals surface area contributed by atoms with Crippen molar-refractivity contribution >= 4 is 0 Å². The topological polar surface area (TPSA) is 24.5 Å². The molecule has 0 amide bonds. The first kappa shape index (κ1) is 17.9. The predicted molar refractivity (Wildman–Crippen MR) is 87.2 cm³/mol.